The van der Waals surface area contributed by atoms with Crippen LogP contribution in [0.2, 0.25) is 0 Å². The van der Waals surface area contributed by atoms with Crippen LogP contribution in [0.3, 0.4) is 0 Å². The third-order valence-corrected chi connectivity index (χ3v) is 3.51. The van der Waals surface area contributed by atoms with Crippen molar-refractivity contribution in [1.82, 2.24) is 10.3 Å². The molecule has 0 aliphatic rings. The lowest BCUT2D eigenvalue weighted by molar-refractivity contribution is 0.633. The number of hydrogen-bond acceptors (Lipinski definition) is 3. The van der Waals surface area contributed by atoms with Crippen LogP contribution in [0.25, 0.3) is 0 Å². The van der Waals surface area contributed by atoms with Gasteiger partial charge in [-0.05, 0) is 44.7 Å². The molecule has 0 spiro atoms. The Balaban J connectivity index is 2.25. The predicted molar refractivity (Wildman–Crippen MR) is 81.0 cm³/mol. The summed E-state index contributed by atoms with van der Waals surface area (Å²) in [5.41, 5.74) is 4.63. The van der Waals surface area contributed by atoms with Crippen LogP contribution in [0.1, 0.15) is 24.2 Å². The second-order valence-electron chi connectivity index (χ2n) is 4.80. The summed E-state index contributed by atoms with van der Waals surface area (Å²) in [5.74, 6) is 0. The maximum Gasteiger partial charge on any atom is 0.0594 e. The first kappa shape index (κ1) is 13.6. The molecule has 1 N–H and O–H groups in total. The van der Waals surface area contributed by atoms with Gasteiger partial charge in [0.25, 0.3) is 0 Å². The maximum absolute atomic E-state index is 4.52. The largest absolute Gasteiger partial charge is 0.343 e. The molecule has 0 bridgehead atoms. The quantitative estimate of drug-likeness (QED) is 0.907. The van der Waals surface area contributed by atoms with Crippen LogP contribution in [-0.4, -0.2) is 19.1 Å². The SMILES string of the molecule is CNC(C)c1ccc(N(C)c2ccccc2C)cn1. The fourth-order valence-electron chi connectivity index (χ4n) is 2.08. The number of aryl methyl sites for hydroxylation is 1. The molecule has 100 valence electrons. The first-order valence-corrected chi connectivity index (χ1v) is 6.56. The number of rotatable bonds is 4. The van der Waals surface area contributed by atoms with E-state index in [1.165, 1.54) is 11.3 Å². The lowest BCUT2D eigenvalue weighted by Crippen LogP contribution is -2.15. The smallest absolute Gasteiger partial charge is 0.0594 e. The van der Waals surface area contributed by atoms with Gasteiger partial charge in [-0.2, -0.15) is 0 Å². The minimum absolute atomic E-state index is 0.276. The molecule has 3 heteroatoms. The zero-order chi connectivity index (χ0) is 13.8. The van der Waals surface area contributed by atoms with Crippen molar-refractivity contribution in [3.8, 4) is 0 Å². The summed E-state index contributed by atoms with van der Waals surface area (Å²) in [6, 6.07) is 12.8. The van der Waals surface area contributed by atoms with E-state index in [9.17, 15) is 0 Å². The molecule has 3 nitrogen and oxygen atoms in total. The third-order valence-electron chi connectivity index (χ3n) is 3.51. The van der Waals surface area contributed by atoms with Gasteiger partial charge in [-0.15, -0.1) is 0 Å². The molecule has 0 amide bonds. The molecule has 1 aromatic carbocycles. The monoisotopic (exact) mass is 255 g/mol. The molecule has 2 aromatic rings. The average molecular weight is 255 g/mol. The fourth-order valence-corrected chi connectivity index (χ4v) is 2.08. The second kappa shape index (κ2) is 5.85. The molecule has 0 saturated heterocycles. The molecule has 1 atom stereocenters. The summed E-state index contributed by atoms with van der Waals surface area (Å²) in [6.45, 7) is 4.23. The van der Waals surface area contributed by atoms with E-state index in [1.54, 1.807) is 0 Å². The predicted octanol–water partition coefficient (Wildman–Crippen LogP) is 3.44. The third kappa shape index (κ3) is 2.93. The Morgan fingerprint density at radius 2 is 1.89 bits per heavy atom. The van der Waals surface area contributed by atoms with Gasteiger partial charge in [-0.3, -0.25) is 4.98 Å². The zero-order valence-electron chi connectivity index (χ0n) is 12.0. The van der Waals surface area contributed by atoms with Gasteiger partial charge in [0.2, 0.25) is 0 Å². The minimum Gasteiger partial charge on any atom is -0.343 e. The van der Waals surface area contributed by atoms with Gasteiger partial charge < -0.3 is 10.2 Å². The van der Waals surface area contributed by atoms with Crippen LogP contribution in [-0.2, 0) is 0 Å². The van der Waals surface area contributed by atoms with Gasteiger partial charge in [0, 0.05) is 18.8 Å². The second-order valence-corrected chi connectivity index (χ2v) is 4.80. The molecule has 0 fully saturated rings. The lowest BCUT2D eigenvalue weighted by atomic mass is 10.1. The van der Waals surface area contributed by atoms with Crippen LogP contribution in [0.5, 0.6) is 0 Å². The molecule has 0 saturated carbocycles. The van der Waals surface area contributed by atoms with Gasteiger partial charge in [-0.25, -0.2) is 0 Å². The highest BCUT2D eigenvalue weighted by Gasteiger charge is 2.08. The topological polar surface area (TPSA) is 28.2 Å². The Hall–Kier alpha value is -1.87. The summed E-state index contributed by atoms with van der Waals surface area (Å²) < 4.78 is 0. The van der Waals surface area contributed by atoms with Crippen molar-refractivity contribution in [2.24, 2.45) is 0 Å². The number of nitrogens with zero attached hydrogens (tertiary/aromatic N) is 2. The molecule has 0 aliphatic carbocycles. The molecule has 1 unspecified atom stereocenters. The Morgan fingerprint density at radius 3 is 2.47 bits per heavy atom. The number of para-hydroxylation sites is 1. The Morgan fingerprint density at radius 1 is 1.16 bits per heavy atom. The van der Waals surface area contributed by atoms with Crippen LogP contribution >= 0.6 is 0 Å². The summed E-state index contributed by atoms with van der Waals surface area (Å²) in [6.07, 6.45) is 1.93. The highest BCUT2D eigenvalue weighted by Crippen LogP contribution is 2.26. The fraction of sp³-hybridized carbons (Fsp3) is 0.312. The van der Waals surface area contributed by atoms with E-state index in [1.807, 2.05) is 13.2 Å². The summed E-state index contributed by atoms with van der Waals surface area (Å²) in [5, 5.41) is 3.19. The van der Waals surface area contributed by atoms with Gasteiger partial charge in [-0.1, -0.05) is 18.2 Å². The van der Waals surface area contributed by atoms with Crippen LogP contribution in [0.4, 0.5) is 11.4 Å². The number of aromatic nitrogens is 1. The van der Waals surface area contributed by atoms with Crippen molar-refractivity contribution >= 4 is 11.4 Å². The van der Waals surface area contributed by atoms with Gasteiger partial charge in [0.15, 0.2) is 0 Å². The number of anilines is 2. The van der Waals surface area contributed by atoms with E-state index in [0.717, 1.165) is 11.4 Å². The molecule has 2 rings (SSSR count). The summed E-state index contributed by atoms with van der Waals surface area (Å²) >= 11 is 0. The van der Waals surface area contributed by atoms with E-state index < -0.39 is 0 Å². The Kier molecular flexibility index (Phi) is 4.17. The van der Waals surface area contributed by atoms with Crippen molar-refractivity contribution in [1.29, 1.82) is 0 Å². The molecule has 1 heterocycles. The molecule has 19 heavy (non-hydrogen) atoms. The van der Waals surface area contributed by atoms with Crippen molar-refractivity contribution in [3.63, 3.8) is 0 Å². The van der Waals surface area contributed by atoms with Crippen molar-refractivity contribution in [2.45, 2.75) is 19.9 Å². The average Bonchev–Trinajstić information content (AvgIpc) is 2.46. The summed E-state index contributed by atoms with van der Waals surface area (Å²) in [7, 11) is 4.01. The first-order valence-electron chi connectivity index (χ1n) is 6.56. The highest BCUT2D eigenvalue weighted by molar-refractivity contribution is 5.64. The number of hydrogen-bond donors (Lipinski definition) is 1. The van der Waals surface area contributed by atoms with Crippen molar-refractivity contribution in [2.75, 3.05) is 19.0 Å². The number of nitrogens with one attached hydrogen (secondary N) is 1. The highest BCUT2D eigenvalue weighted by atomic mass is 15.1. The molecule has 0 radical (unpaired) electrons. The normalized spacial score (nSPS) is 12.2. The van der Waals surface area contributed by atoms with Gasteiger partial charge in [0.05, 0.1) is 17.6 Å². The molecular formula is C16H21N3. The van der Waals surface area contributed by atoms with Crippen LogP contribution in [0, 0.1) is 6.92 Å². The summed E-state index contributed by atoms with van der Waals surface area (Å²) in [4.78, 5) is 6.68. The van der Waals surface area contributed by atoms with Gasteiger partial charge in [0.1, 0.15) is 0 Å². The molecular weight excluding hydrogens is 234 g/mol. The zero-order valence-corrected chi connectivity index (χ0v) is 12.0. The van der Waals surface area contributed by atoms with E-state index in [0.29, 0.717) is 0 Å². The number of pyridine rings is 1. The maximum atomic E-state index is 4.52. The standard InChI is InChI=1S/C16H21N3/c1-12-7-5-6-8-16(12)19(4)14-9-10-15(18-11-14)13(2)17-3/h5-11,13,17H,1-4H3. The minimum atomic E-state index is 0.276. The van der Waals surface area contributed by atoms with E-state index >= 15 is 0 Å². The van der Waals surface area contributed by atoms with E-state index in [-0.39, 0.29) is 6.04 Å². The van der Waals surface area contributed by atoms with Crippen molar-refractivity contribution in [3.05, 3.63) is 53.9 Å². The van der Waals surface area contributed by atoms with E-state index in [2.05, 4.69) is 72.5 Å². The van der Waals surface area contributed by atoms with E-state index in [4.69, 9.17) is 0 Å². The molecule has 0 aliphatic heterocycles. The molecule has 1 aromatic heterocycles. The van der Waals surface area contributed by atoms with Crippen LogP contribution in [0.15, 0.2) is 42.6 Å². The van der Waals surface area contributed by atoms with Gasteiger partial charge >= 0.3 is 0 Å². The Labute approximate surface area is 115 Å². The number of benzene rings is 1. The van der Waals surface area contributed by atoms with Crippen molar-refractivity contribution < 1.29 is 0 Å². The Bertz CT molecular complexity index is 534. The first-order chi connectivity index (χ1) is 9.13. The van der Waals surface area contributed by atoms with Crippen LogP contribution < -0.4 is 10.2 Å². The lowest BCUT2D eigenvalue weighted by Gasteiger charge is -2.21.